The molecule has 0 N–H and O–H groups in total. The topological polar surface area (TPSA) is 21.7 Å². The average molecular weight is 321 g/mol. The lowest BCUT2D eigenvalue weighted by atomic mass is 9.85. The molecule has 3 nitrogen and oxygen atoms in total. The van der Waals surface area contributed by atoms with Crippen molar-refractivity contribution in [3.63, 3.8) is 0 Å². The summed E-state index contributed by atoms with van der Waals surface area (Å²) in [6.45, 7) is 9.73. The van der Waals surface area contributed by atoms with Crippen LogP contribution in [0.2, 0.25) is 0 Å². The zero-order valence-electron chi connectivity index (χ0n) is 14.3. The molecule has 1 atom stereocenters. The van der Waals surface area contributed by atoms with Crippen molar-refractivity contribution in [1.82, 2.24) is 4.90 Å². The van der Waals surface area contributed by atoms with Gasteiger partial charge in [0, 0.05) is 31.8 Å². The van der Waals surface area contributed by atoms with Crippen LogP contribution < -0.4 is 0 Å². The van der Waals surface area contributed by atoms with Gasteiger partial charge in [-0.1, -0.05) is 32.0 Å². The fourth-order valence-electron chi connectivity index (χ4n) is 3.81. The van der Waals surface area contributed by atoms with E-state index in [1.54, 1.807) is 12.1 Å². The van der Waals surface area contributed by atoms with Crippen LogP contribution in [-0.2, 0) is 16.1 Å². The highest BCUT2D eigenvalue weighted by Crippen LogP contribution is 2.39. The summed E-state index contributed by atoms with van der Waals surface area (Å²) in [6.07, 6.45) is 2.14. The standard InChI is InChI=1S/C19H28FNO2/c1-15(2)10-21-13-19(14-21)9-16(11-23-19)7-8-22-12-17-5-3-4-6-18(17)20/h3-6,15-16H,7-14H2,1-2H3. The van der Waals surface area contributed by atoms with Crippen LogP contribution in [0.15, 0.2) is 24.3 Å². The summed E-state index contributed by atoms with van der Waals surface area (Å²) in [5, 5.41) is 0. The Kier molecular flexibility index (Phi) is 5.34. The Morgan fingerprint density at radius 1 is 1.35 bits per heavy atom. The molecule has 1 aromatic rings. The number of hydrogen-bond acceptors (Lipinski definition) is 3. The SMILES string of the molecule is CC(C)CN1CC2(CC(CCOCc3ccccc3F)CO2)C1. The monoisotopic (exact) mass is 321 g/mol. The van der Waals surface area contributed by atoms with Gasteiger partial charge in [-0.25, -0.2) is 4.39 Å². The minimum Gasteiger partial charge on any atom is -0.377 e. The maximum absolute atomic E-state index is 13.5. The average Bonchev–Trinajstić information content (AvgIpc) is 2.89. The first-order chi connectivity index (χ1) is 11.1. The van der Waals surface area contributed by atoms with Gasteiger partial charge in [-0.2, -0.15) is 0 Å². The molecule has 3 rings (SSSR count). The second-order valence-electron chi connectivity index (χ2n) is 7.56. The normalized spacial score (nSPS) is 23.6. The molecule has 1 aromatic carbocycles. The first-order valence-electron chi connectivity index (χ1n) is 8.74. The number of likely N-dealkylation sites (tertiary alicyclic amines) is 1. The van der Waals surface area contributed by atoms with E-state index in [4.69, 9.17) is 9.47 Å². The Labute approximate surface area is 138 Å². The Morgan fingerprint density at radius 2 is 2.13 bits per heavy atom. The summed E-state index contributed by atoms with van der Waals surface area (Å²) in [5.41, 5.74) is 0.750. The molecule has 0 amide bonds. The van der Waals surface area contributed by atoms with Gasteiger partial charge in [0.2, 0.25) is 0 Å². The van der Waals surface area contributed by atoms with E-state index in [0.29, 0.717) is 24.7 Å². The van der Waals surface area contributed by atoms with Gasteiger partial charge in [-0.3, -0.25) is 4.90 Å². The number of rotatable bonds is 7. The molecule has 0 bridgehead atoms. The lowest BCUT2D eigenvalue weighted by molar-refractivity contribution is -0.113. The van der Waals surface area contributed by atoms with Crippen molar-refractivity contribution >= 4 is 0 Å². The van der Waals surface area contributed by atoms with E-state index in [0.717, 1.165) is 38.5 Å². The highest BCUT2D eigenvalue weighted by atomic mass is 19.1. The van der Waals surface area contributed by atoms with Gasteiger partial charge in [0.15, 0.2) is 0 Å². The molecule has 4 heteroatoms. The molecule has 128 valence electrons. The number of ether oxygens (including phenoxy) is 2. The van der Waals surface area contributed by atoms with E-state index >= 15 is 0 Å². The number of hydrogen-bond donors (Lipinski definition) is 0. The first kappa shape index (κ1) is 16.9. The highest BCUT2D eigenvalue weighted by molar-refractivity contribution is 5.16. The molecular formula is C19H28FNO2. The summed E-state index contributed by atoms with van der Waals surface area (Å²) < 4.78 is 25.2. The minimum absolute atomic E-state index is 0.116. The van der Waals surface area contributed by atoms with E-state index in [-0.39, 0.29) is 11.4 Å². The molecular weight excluding hydrogens is 293 g/mol. The lowest BCUT2D eigenvalue weighted by Gasteiger charge is -2.48. The van der Waals surface area contributed by atoms with Crippen LogP contribution in [0, 0.1) is 17.7 Å². The Hall–Kier alpha value is -0.970. The van der Waals surface area contributed by atoms with Crippen molar-refractivity contribution in [1.29, 1.82) is 0 Å². The van der Waals surface area contributed by atoms with Crippen molar-refractivity contribution in [2.24, 2.45) is 11.8 Å². The third kappa shape index (κ3) is 4.31. The molecule has 0 aliphatic carbocycles. The second kappa shape index (κ2) is 7.29. The van der Waals surface area contributed by atoms with E-state index < -0.39 is 0 Å². The molecule has 0 radical (unpaired) electrons. The third-order valence-corrected chi connectivity index (χ3v) is 4.82. The van der Waals surface area contributed by atoms with E-state index in [2.05, 4.69) is 18.7 Å². The lowest BCUT2D eigenvalue weighted by Crippen LogP contribution is -2.62. The molecule has 1 unspecified atom stereocenters. The molecule has 2 fully saturated rings. The predicted octanol–water partition coefficient (Wildman–Crippen LogP) is 3.48. The zero-order valence-corrected chi connectivity index (χ0v) is 14.3. The van der Waals surface area contributed by atoms with Crippen LogP contribution >= 0.6 is 0 Å². The summed E-state index contributed by atoms with van der Waals surface area (Å²) in [7, 11) is 0. The summed E-state index contributed by atoms with van der Waals surface area (Å²) in [5.74, 6) is 1.11. The molecule has 0 aromatic heterocycles. The van der Waals surface area contributed by atoms with Crippen LogP contribution in [0.25, 0.3) is 0 Å². The van der Waals surface area contributed by atoms with Crippen LogP contribution in [0.4, 0.5) is 4.39 Å². The zero-order chi connectivity index (χ0) is 16.3. The van der Waals surface area contributed by atoms with Crippen LogP contribution in [0.3, 0.4) is 0 Å². The largest absolute Gasteiger partial charge is 0.377 e. The predicted molar refractivity (Wildman–Crippen MR) is 88.7 cm³/mol. The van der Waals surface area contributed by atoms with Gasteiger partial charge in [-0.15, -0.1) is 0 Å². The van der Waals surface area contributed by atoms with Crippen LogP contribution in [0.1, 0.15) is 32.3 Å². The number of nitrogens with zero attached hydrogens (tertiary/aromatic N) is 1. The first-order valence-corrected chi connectivity index (χ1v) is 8.74. The molecule has 23 heavy (non-hydrogen) atoms. The molecule has 2 aliphatic heterocycles. The number of halogens is 1. The van der Waals surface area contributed by atoms with Gasteiger partial charge >= 0.3 is 0 Å². The maximum Gasteiger partial charge on any atom is 0.128 e. The quantitative estimate of drug-likeness (QED) is 0.718. The molecule has 0 saturated carbocycles. The summed E-state index contributed by atoms with van der Waals surface area (Å²) in [4.78, 5) is 2.49. The van der Waals surface area contributed by atoms with Crippen LogP contribution in [0.5, 0.6) is 0 Å². The maximum atomic E-state index is 13.5. The van der Waals surface area contributed by atoms with Crippen molar-refractivity contribution in [3.05, 3.63) is 35.6 Å². The smallest absolute Gasteiger partial charge is 0.128 e. The molecule has 1 spiro atoms. The number of benzene rings is 1. The summed E-state index contributed by atoms with van der Waals surface area (Å²) in [6, 6.07) is 6.80. The fraction of sp³-hybridized carbons (Fsp3) is 0.684. The van der Waals surface area contributed by atoms with E-state index in [1.807, 2.05) is 6.07 Å². The molecule has 2 saturated heterocycles. The Morgan fingerprint density at radius 3 is 2.87 bits per heavy atom. The highest BCUT2D eigenvalue weighted by Gasteiger charge is 2.49. The Balaban J connectivity index is 1.33. The molecule has 2 heterocycles. The van der Waals surface area contributed by atoms with Gasteiger partial charge < -0.3 is 9.47 Å². The second-order valence-corrected chi connectivity index (χ2v) is 7.56. The van der Waals surface area contributed by atoms with Crippen molar-refractivity contribution in [3.8, 4) is 0 Å². The minimum atomic E-state index is -0.185. The van der Waals surface area contributed by atoms with Crippen LogP contribution in [-0.4, -0.2) is 43.3 Å². The van der Waals surface area contributed by atoms with Crippen molar-refractivity contribution in [2.75, 3.05) is 32.8 Å². The third-order valence-electron chi connectivity index (χ3n) is 4.82. The van der Waals surface area contributed by atoms with Crippen molar-refractivity contribution in [2.45, 2.75) is 38.9 Å². The van der Waals surface area contributed by atoms with E-state index in [9.17, 15) is 4.39 Å². The summed E-state index contributed by atoms with van der Waals surface area (Å²) >= 11 is 0. The van der Waals surface area contributed by atoms with Gasteiger partial charge in [0.25, 0.3) is 0 Å². The van der Waals surface area contributed by atoms with E-state index in [1.165, 1.54) is 12.6 Å². The van der Waals surface area contributed by atoms with Gasteiger partial charge in [0.05, 0.1) is 18.8 Å². The molecule has 2 aliphatic rings. The van der Waals surface area contributed by atoms with Crippen molar-refractivity contribution < 1.29 is 13.9 Å². The van der Waals surface area contributed by atoms with Gasteiger partial charge in [-0.05, 0) is 30.7 Å². The van der Waals surface area contributed by atoms with Gasteiger partial charge in [0.1, 0.15) is 5.82 Å². The fourth-order valence-corrected chi connectivity index (χ4v) is 3.81. The Bertz CT molecular complexity index is 514.